The van der Waals surface area contributed by atoms with Crippen molar-refractivity contribution in [3.63, 3.8) is 0 Å². The fraction of sp³-hybridized carbons (Fsp3) is 0.632. The maximum atomic E-state index is 12.4. The van der Waals surface area contributed by atoms with Gasteiger partial charge < -0.3 is 14.8 Å². The van der Waals surface area contributed by atoms with Gasteiger partial charge in [0.25, 0.3) is 0 Å². The van der Waals surface area contributed by atoms with Crippen molar-refractivity contribution in [2.24, 2.45) is 5.92 Å². The summed E-state index contributed by atoms with van der Waals surface area (Å²) in [6.07, 6.45) is 6.27. The van der Waals surface area contributed by atoms with Crippen LogP contribution in [-0.4, -0.2) is 32.8 Å². The van der Waals surface area contributed by atoms with E-state index >= 15 is 0 Å². The molecule has 1 heterocycles. The highest BCUT2D eigenvalue weighted by molar-refractivity contribution is 5.79. The third-order valence-electron chi connectivity index (χ3n) is 5.46. The molecule has 1 amide bonds. The van der Waals surface area contributed by atoms with Gasteiger partial charge in [0.15, 0.2) is 0 Å². The van der Waals surface area contributed by atoms with E-state index < -0.39 is 0 Å². The fourth-order valence-corrected chi connectivity index (χ4v) is 3.97. The van der Waals surface area contributed by atoms with Crippen molar-refractivity contribution in [2.45, 2.75) is 43.9 Å². The molecule has 0 aromatic heterocycles. The van der Waals surface area contributed by atoms with Crippen LogP contribution in [0.2, 0.25) is 0 Å². The highest BCUT2D eigenvalue weighted by Crippen LogP contribution is 2.39. The summed E-state index contributed by atoms with van der Waals surface area (Å²) in [6, 6.07) is 8.18. The van der Waals surface area contributed by atoms with Gasteiger partial charge in [-0.05, 0) is 31.7 Å². The van der Waals surface area contributed by atoms with Crippen LogP contribution >= 0.6 is 0 Å². The van der Waals surface area contributed by atoms with Crippen LogP contribution in [0.5, 0.6) is 5.75 Å². The fourth-order valence-electron chi connectivity index (χ4n) is 3.97. The molecule has 4 heteroatoms. The zero-order valence-electron chi connectivity index (χ0n) is 14.0. The summed E-state index contributed by atoms with van der Waals surface area (Å²) in [5.41, 5.74) is 1.11. The number of amides is 1. The van der Waals surface area contributed by atoms with Gasteiger partial charge in [-0.3, -0.25) is 4.79 Å². The van der Waals surface area contributed by atoms with Gasteiger partial charge in [0.2, 0.25) is 5.91 Å². The van der Waals surface area contributed by atoms with Gasteiger partial charge in [-0.2, -0.15) is 0 Å². The maximum Gasteiger partial charge on any atom is 0.223 e. The van der Waals surface area contributed by atoms with Crippen molar-refractivity contribution in [3.05, 3.63) is 29.8 Å². The van der Waals surface area contributed by atoms with Gasteiger partial charge in [-0.25, -0.2) is 0 Å². The summed E-state index contributed by atoms with van der Waals surface area (Å²) in [5.74, 6) is 1.34. The van der Waals surface area contributed by atoms with Gasteiger partial charge in [0, 0.05) is 36.7 Å². The lowest BCUT2D eigenvalue weighted by Crippen LogP contribution is -2.46. The number of ether oxygens (including phenoxy) is 2. The van der Waals surface area contributed by atoms with Crippen LogP contribution in [0, 0.1) is 5.92 Å². The Hall–Kier alpha value is -1.55. The molecule has 2 aliphatic rings. The minimum absolute atomic E-state index is 0.0842. The lowest BCUT2D eigenvalue weighted by molar-refractivity contribution is -0.125. The van der Waals surface area contributed by atoms with E-state index in [0.29, 0.717) is 6.54 Å². The van der Waals surface area contributed by atoms with Gasteiger partial charge in [-0.15, -0.1) is 0 Å². The molecule has 0 bridgehead atoms. The molecule has 1 N–H and O–H groups in total. The zero-order valence-corrected chi connectivity index (χ0v) is 14.0. The molecule has 0 unspecified atom stereocenters. The van der Waals surface area contributed by atoms with E-state index in [1.54, 1.807) is 7.11 Å². The number of methoxy groups -OCH3 is 1. The van der Waals surface area contributed by atoms with E-state index in [2.05, 4.69) is 11.4 Å². The van der Waals surface area contributed by atoms with Crippen molar-refractivity contribution >= 4 is 5.91 Å². The van der Waals surface area contributed by atoms with Crippen molar-refractivity contribution in [3.8, 4) is 5.75 Å². The Kier molecular flexibility index (Phi) is 5.21. The summed E-state index contributed by atoms with van der Waals surface area (Å²) < 4.78 is 11.1. The average Bonchev–Trinajstić information content (AvgIpc) is 3.15. The van der Waals surface area contributed by atoms with E-state index in [9.17, 15) is 4.79 Å². The molecule has 4 nitrogen and oxygen atoms in total. The number of hydrogen-bond donors (Lipinski definition) is 1. The Morgan fingerprint density at radius 3 is 2.65 bits per heavy atom. The van der Waals surface area contributed by atoms with Crippen LogP contribution in [0.3, 0.4) is 0 Å². The molecular weight excluding hydrogens is 290 g/mol. The highest BCUT2D eigenvalue weighted by atomic mass is 16.5. The molecule has 1 saturated carbocycles. The number of rotatable bonds is 5. The number of nitrogens with one attached hydrogen (secondary N) is 1. The van der Waals surface area contributed by atoms with Gasteiger partial charge in [0.1, 0.15) is 5.75 Å². The second kappa shape index (κ2) is 7.35. The molecule has 2 fully saturated rings. The number of benzene rings is 1. The standard InChI is InChI=1S/C19H27NO3/c1-22-17-9-5-4-8-16(17)19(10-12-23-13-11-19)14-20-18(21)15-6-2-3-7-15/h4-5,8-9,15H,2-3,6-7,10-14H2,1H3,(H,20,21). The van der Waals surface area contributed by atoms with Gasteiger partial charge in [0.05, 0.1) is 7.11 Å². The minimum atomic E-state index is -0.0842. The Balaban J connectivity index is 1.77. The smallest absolute Gasteiger partial charge is 0.223 e. The first-order valence-corrected chi connectivity index (χ1v) is 8.74. The third-order valence-corrected chi connectivity index (χ3v) is 5.46. The summed E-state index contributed by atoms with van der Waals surface area (Å²) in [7, 11) is 1.71. The number of para-hydroxylation sites is 1. The van der Waals surface area contributed by atoms with E-state index in [1.165, 1.54) is 18.4 Å². The monoisotopic (exact) mass is 317 g/mol. The summed E-state index contributed by atoms with van der Waals surface area (Å²) in [4.78, 5) is 12.4. The first kappa shape index (κ1) is 16.3. The van der Waals surface area contributed by atoms with E-state index in [-0.39, 0.29) is 17.2 Å². The number of hydrogen-bond acceptors (Lipinski definition) is 3. The van der Waals surface area contributed by atoms with Crippen LogP contribution in [0.15, 0.2) is 24.3 Å². The van der Waals surface area contributed by atoms with Gasteiger partial charge in [-0.1, -0.05) is 31.0 Å². The summed E-state index contributed by atoms with van der Waals surface area (Å²) in [5, 5.41) is 3.23. The normalized spacial score (nSPS) is 21.1. The lowest BCUT2D eigenvalue weighted by atomic mass is 9.73. The SMILES string of the molecule is COc1ccccc1C1(CNC(=O)C2CCCC2)CCOCC1. The van der Waals surface area contributed by atoms with Crippen LogP contribution in [-0.2, 0) is 14.9 Å². The quantitative estimate of drug-likeness (QED) is 0.908. The van der Waals surface area contributed by atoms with Crippen molar-refractivity contribution in [1.29, 1.82) is 0 Å². The third kappa shape index (κ3) is 3.52. The van der Waals surface area contributed by atoms with E-state index in [0.717, 1.165) is 44.6 Å². The predicted octanol–water partition coefficient (Wildman–Crippen LogP) is 3.05. The van der Waals surface area contributed by atoms with Crippen LogP contribution in [0.1, 0.15) is 44.1 Å². The van der Waals surface area contributed by atoms with Crippen molar-refractivity contribution < 1.29 is 14.3 Å². The Bertz CT molecular complexity index is 531. The molecule has 1 saturated heterocycles. The summed E-state index contributed by atoms with van der Waals surface area (Å²) in [6.45, 7) is 2.14. The van der Waals surface area contributed by atoms with Crippen molar-refractivity contribution in [2.75, 3.05) is 26.9 Å². The predicted molar refractivity (Wildman–Crippen MR) is 89.7 cm³/mol. The van der Waals surface area contributed by atoms with Crippen LogP contribution < -0.4 is 10.1 Å². The topological polar surface area (TPSA) is 47.6 Å². The molecular formula is C19H27NO3. The Labute approximate surface area is 138 Å². The molecule has 3 rings (SSSR count). The molecule has 126 valence electrons. The van der Waals surface area contributed by atoms with E-state index in [1.807, 2.05) is 18.2 Å². The largest absolute Gasteiger partial charge is 0.496 e. The van der Waals surface area contributed by atoms with Gasteiger partial charge >= 0.3 is 0 Å². The first-order chi connectivity index (χ1) is 11.2. The molecule has 1 aromatic carbocycles. The van der Waals surface area contributed by atoms with E-state index in [4.69, 9.17) is 9.47 Å². The second-order valence-electron chi connectivity index (χ2n) is 6.79. The zero-order chi connectivity index (χ0) is 16.1. The summed E-state index contributed by atoms with van der Waals surface area (Å²) >= 11 is 0. The number of carbonyl (C=O) groups excluding carboxylic acids is 1. The van der Waals surface area contributed by atoms with Crippen molar-refractivity contribution in [1.82, 2.24) is 5.32 Å². The molecule has 0 radical (unpaired) electrons. The molecule has 0 atom stereocenters. The molecule has 1 aromatic rings. The first-order valence-electron chi connectivity index (χ1n) is 8.74. The highest BCUT2D eigenvalue weighted by Gasteiger charge is 2.37. The minimum Gasteiger partial charge on any atom is -0.496 e. The molecule has 0 spiro atoms. The average molecular weight is 317 g/mol. The molecule has 1 aliphatic carbocycles. The number of carbonyl (C=O) groups is 1. The second-order valence-corrected chi connectivity index (χ2v) is 6.79. The maximum absolute atomic E-state index is 12.4. The lowest BCUT2D eigenvalue weighted by Gasteiger charge is -2.38. The molecule has 1 aliphatic heterocycles. The Morgan fingerprint density at radius 1 is 1.26 bits per heavy atom. The van der Waals surface area contributed by atoms with Crippen LogP contribution in [0.4, 0.5) is 0 Å². The molecule has 23 heavy (non-hydrogen) atoms. The Morgan fingerprint density at radius 2 is 1.96 bits per heavy atom. The van der Waals surface area contributed by atoms with Crippen LogP contribution in [0.25, 0.3) is 0 Å².